The standard InChI is InChI=1S/C18H17N3O3/c19-11-22-6-5-12-1-3-15-14(9-12)18(21-20-15)13-2-4-16-17(10-13)24-8-7-23-16/h1-4,9-11,19H,5-8H2,(H,20,21). The van der Waals surface area contributed by atoms with Gasteiger partial charge in [0, 0.05) is 17.4 Å². The summed E-state index contributed by atoms with van der Waals surface area (Å²) >= 11 is 0. The first-order chi connectivity index (χ1) is 11.8. The van der Waals surface area contributed by atoms with Gasteiger partial charge in [0.25, 0.3) is 0 Å². The van der Waals surface area contributed by atoms with E-state index in [2.05, 4.69) is 16.3 Å². The van der Waals surface area contributed by atoms with Gasteiger partial charge in [-0.1, -0.05) is 6.07 Å². The van der Waals surface area contributed by atoms with Crippen LogP contribution in [0.5, 0.6) is 11.5 Å². The molecule has 0 bridgehead atoms. The van der Waals surface area contributed by atoms with Crippen molar-refractivity contribution in [2.24, 2.45) is 0 Å². The summed E-state index contributed by atoms with van der Waals surface area (Å²) < 4.78 is 16.2. The van der Waals surface area contributed by atoms with Crippen molar-refractivity contribution in [2.45, 2.75) is 6.42 Å². The van der Waals surface area contributed by atoms with Gasteiger partial charge in [0.15, 0.2) is 17.9 Å². The Hall–Kier alpha value is -3.02. The summed E-state index contributed by atoms with van der Waals surface area (Å²) in [6.45, 7) is 1.64. The third kappa shape index (κ3) is 2.67. The lowest BCUT2D eigenvalue weighted by Gasteiger charge is -2.18. The molecular weight excluding hydrogens is 306 g/mol. The molecule has 0 amide bonds. The minimum atomic E-state index is 0.492. The van der Waals surface area contributed by atoms with Crippen LogP contribution in [0.4, 0.5) is 0 Å². The van der Waals surface area contributed by atoms with E-state index in [0.29, 0.717) is 19.8 Å². The van der Waals surface area contributed by atoms with E-state index >= 15 is 0 Å². The number of hydrogen-bond donors (Lipinski definition) is 2. The van der Waals surface area contributed by atoms with Gasteiger partial charge in [-0.05, 0) is 35.9 Å². The maximum absolute atomic E-state index is 6.91. The molecule has 0 saturated carbocycles. The molecule has 6 nitrogen and oxygen atoms in total. The molecule has 4 rings (SSSR count). The molecule has 2 aromatic carbocycles. The molecule has 0 radical (unpaired) electrons. The second-order valence-corrected chi connectivity index (χ2v) is 5.55. The second kappa shape index (κ2) is 6.23. The highest BCUT2D eigenvalue weighted by atomic mass is 16.6. The summed E-state index contributed by atoms with van der Waals surface area (Å²) in [7, 11) is 0. The van der Waals surface area contributed by atoms with Crippen LogP contribution in [0.1, 0.15) is 5.56 Å². The molecule has 24 heavy (non-hydrogen) atoms. The predicted molar refractivity (Wildman–Crippen MR) is 91.0 cm³/mol. The smallest absolute Gasteiger partial charge is 0.166 e. The normalized spacial score (nSPS) is 13.0. The molecule has 0 aliphatic carbocycles. The molecular formula is C18H17N3O3. The van der Waals surface area contributed by atoms with E-state index in [9.17, 15) is 0 Å². The topological polar surface area (TPSA) is 80.2 Å². The first-order valence-corrected chi connectivity index (χ1v) is 7.83. The number of nitrogens with one attached hydrogen (secondary N) is 2. The van der Waals surface area contributed by atoms with E-state index in [1.54, 1.807) is 0 Å². The van der Waals surface area contributed by atoms with E-state index in [1.807, 2.05) is 30.3 Å². The fourth-order valence-corrected chi connectivity index (χ4v) is 2.86. The fourth-order valence-electron chi connectivity index (χ4n) is 2.86. The number of hydrogen-bond acceptors (Lipinski definition) is 5. The lowest BCUT2D eigenvalue weighted by Crippen LogP contribution is -2.15. The molecule has 1 aliphatic heterocycles. The van der Waals surface area contributed by atoms with E-state index in [-0.39, 0.29) is 0 Å². The monoisotopic (exact) mass is 323 g/mol. The maximum Gasteiger partial charge on any atom is 0.166 e. The predicted octanol–water partition coefficient (Wildman–Crippen LogP) is 3.17. The van der Waals surface area contributed by atoms with Gasteiger partial charge in [0.2, 0.25) is 0 Å². The third-order valence-corrected chi connectivity index (χ3v) is 4.03. The Morgan fingerprint density at radius 2 is 2.00 bits per heavy atom. The van der Waals surface area contributed by atoms with Crippen LogP contribution < -0.4 is 9.47 Å². The van der Waals surface area contributed by atoms with Gasteiger partial charge in [0.05, 0.1) is 12.1 Å². The third-order valence-electron chi connectivity index (χ3n) is 4.03. The Morgan fingerprint density at radius 3 is 2.88 bits per heavy atom. The minimum absolute atomic E-state index is 0.492. The molecule has 0 fully saturated rings. The van der Waals surface area contributed by atoms with Crippen molar-refractivity contribution in [2.75, 3.05) is 19.8 Å². The molecule has 0 unspecified atom stereocenters. The summed E-state index contributed by atoms with van der Waals surface area (Å²) in [5.74, 6) is 1.53. The van der Waals surface area contributed by atoms with Crippen LogP contribution in [0.2, 0.25) is 0 Å². The number of aromatic amines is 1. The minimum Gasteiger partial charge on any atom is -0.486 e. The lowest BCUT2D eigenvalue weighted by atomic mass is 10.0. The molecule has 2 heterocycles. The molecule has 3 aromatic rings. The first kappa shape index (κ1) is 14.6. The fraction of sp³-hybridized carbons (Fsp3) is 0.222. The van der Waals surface area contributed by atoms with Crippen molar-refractivity contribution >= 4 is 17.3 Å². The summed E-state index contributed by atoms with van der Waals surface area (Å²) in [5, 5.41) is 15.5. The average molecular weight is 323 g/mol. The maximum atomic E-state index is 6.91. The second-order valence-electron chi connectivity index (χ2n) is 5.55. The van der Waals surface area contributed by atoms with Gasteiger partial charge < -0.3 is 14.2 Å². The molecule has 1 aromatic heterocycles. The Balaban J connectivity index is 1.70. The summed E-state index contributed by atoms with van der Waals surface area (Å²) in [5.41, 5.74) is 4.00. The largest absolute Gasteiger partial charge is 0.486 e. The Kier molecular flexibility index (Phi) is 3.78. The van der Waals surface area contributed by atoms with Crippen LogP contribution in [-0.4, -0.2) is 36.4 Å². The van der Waals surface area contributed by atoms with Crippen LogP contribution >= 0.6 is 0 Å². The van der Waals surface area contributed by atoms with Gasteiger partial charge in [-0.3, -0.25) is 10.5 Å². The average Bonchev–Trinajstić information content (AvgIpc) is 3.05. The number of aromatic nitrogens is 2. The molecule has 1 aliphatic rings. The van der Waals surface area contributed by atoms with E-state index in [1.165, 1.54) is 0 Å². The number of nitrogens with zero attached hydrogens (tertiary/aromatic N) is 1. The van der Waals surface area contributed by atoms with Crippen LogP contribution in [-0.2, 0) is 11.2 Å². The van der Waals surface area contributed by atoms with Crippen LogP contribution in [0, 0.1) is 5.41 Å². The Bertz CT molecular complexity index is 888. The van der Waals surface area contributed by atoms with Crippen molar-refractivity contribution in [3.63, 3.8) is 0 Å². The van der Waals surface area contributed by atoms with Crippen molar-refractivity contribution < 1.29 is 14.2 Å². The highest BCUT2D eigenvalue weighted by Gasteiger charge is 2.15. The zero-order valence-corrected chi connectivity index (χ0v) is 13.0. The first-order valence-electron chi connectivity index (χ1n) is 7.83. The number of rotatable bonds is 5. The van der Waals surface area contributed by atoms with Crippen LogP contribution in [0.3, 0.4) is 0 Å². The van der Waals surface area contributed by atoms with Crippen molar-refractivity contribution in [1.82, 2.24) is 10.2 Å². The number of ether oxygens (including phenoxy) is 3. The Morgan fingerprint density at radius 1 is 1.12 bits per heavy atom. The summed E-state index contributed by atoms with van der Waals surface area (Å²) in [6.07, 6.45) is 1.72. The van der Waals surface area contributed by atoms with Gasteiger partial charge in [0.1, 0.15) is 18.9 Å². The highest BCUT2D eigenvalue weighted by molar-refractivity contribution is 5.93. The summed E-state index contributed by atoms with van der Waals surface area (Å²) in [6, 6.07) is 12.1. The van der Waals surface area contributed by atoms with Crippen molar-refractivity contribution in [3.8, 4) is 22.8 Å². The van der Waals surface area contributed by atoms with Crippen molar-refractivity contribution in [1.29, 1.82) is 5.41 Å². The van der Waals surface area contributed by atoms with Crippen LogP contribution in [0.15, 0.2) is 36.4 Å². The van der Waals surface area contributed by atoms with Crippen LogP contribution in [0.25, 0.3) is 22.2 Å². The zero-order chi connectivity index (χ0) is 16.4. The SMILES string of the molecule is N=COCCc1ccc2[nH]nc(-c3ccc4c(c3)OCCO4)c2c1. The van der Waals surface area contributed by atoms with Gasteiger partial charge in [-0.2, -0.15) is 5.10 Å². The van der Waals surface area contributed by atoms with E-state index in [4.69, 9.17) is 19.6 Å². The molecule has 6 heteroatoms. The molecule has 0 atom stereocenters. The van der Waals surface area contributed by atoms with E-state index < -0.39 is 0 Å². The van der Waals surface area contributed by atoms with Gasteiger partial charge in [-0.15, -0.1) is 0 Å². The molecule has 0 spiro atoms. The van der Waals surface area contributed by atoms with E-state index in [0.717, 1.165) is 52.0 Å². The Labute approximate surface area is 138 Å². The van der Waals surface area contributed by atoms with Gasteiger partial charge >= 0.3 is 0 Å². The quantitative estimate of drug-likeness (QED) is 0.429. The molecule has 122 valence electrons. The molecule has 0 saturated heterocycles. The molecule has 2 N–H and O–H groups in total. The lowest BCUT2D eigenvalue weighted by molar-refractivity contribution is 0.171. The number of benzene rings is 2. The number of H-pyrrole nitrogens is 1. The summed E-state index contributed by atoms with van der Waals surface area (Å²) in [4.78, 5) is 0. The number of fused-ring (bicyclic) bond motifs is 2. The van der Waals surface area contributed by atoms with Crippen molar-refractivity contribution in [3.05, 3.63) is 42.0 Å². The zero-order valence-electron chi connectivity index (χ0n) is 13.0. The highest BCUT2D eigenvalue weighted by Crippen LogP contribution is 2.36. The van der Waals surface area contributed by atoms with Gasteiger partial charge in [-0.25, -0.2) is 0 Å².